The fourth-order valence-corrected chi connectivity index (χ4v) is 6.72. The van der Waals surface area contributed by atoms with Gasteiger partial charge < -0.3 is 10.1 Å². The standard InChI is InChI=1S/C29H25ClN2O5S/c30-17-22-18-38(36)28-24(31-23(33)16-19-10-4-1-5-11-19)27(34)32(28)25(22)29(35)37-26(20-12-6-2-7-13-20)21-14-8-3-9-15-21/h1-15,24,26,28H,16-18H2,(H,31,33)/t24-,28-,38?/m1/s1. The van der Waals surface area contributed by atoms with Crippen molar-refractivity contribution < 1.29 is 23.3 Å². The Bertz CT molecular complexity index is 1360. The summed E-state index contributed by atoms with van der Waals surface area (Å²) in [6.07, 6.45) is -0.644. The lowest BCUT2D eigenvalue weighted by Gasteiger charge is -2.49. The van der Waals surface area contributed by atoms with Gasteiger partial charge in [0.25, 0.3) is 5.91 Å². The Morgan fingerprint density at radius 1 is 0.947 bits per heavy atom. The van der Waals surface area contributed by atoms with Crippen LogP contribution in [0.1, 0.15) is 22.8 Å². The molecule has 3 aromatic rings. The van der Waals surface area contributed by atoms with Crippen molar-refractivity contribution in [3.8, 4) is 0 Å². The molecule has 0 bridgehead atoms. The molecule has 2 aliphatic rings. The number of alkyl halides is 1. The molecule has 0 aromatic heterocycles. The van der Waals surface area contributed by atoms with Crippen LogP contribution < -0.4 is 5.32 Å². The summed E-state index contributed by atoms with van der Waals surface area (Å²) in [6.45, 7) is 0. The first-order chi connectivity index (χ1) is 18.5. The van der Waals surface area contributed by atoms with Gasteiger partial charge in [-0.3, -0.25) is 18.7 Å². The van der Waals surface area contributed by atoms with Crippen molar-refractivity contribution >= 4 is 40.2 Å². The number of ether oxygens (including phenoxy) is 1. The molecular formula is C29H25ClN2O5S. The second kappa shape index (κ2) is 11.3. The number of nitrogens with zero attached hydrogens (tertiary/aromatic N) is 1. The smallest absolute Gasteiger partial charge is 0.356 e. The second-order valence-electron chi connectivity index (χ2n) is 9.02. The Balaban J connectivity index is 1.38. The third-order valence-corrected chi connectivity index (χ3v) is 8.49. The highest BCUT2D eigenvalue weighted by atomic mass is 35.5. The number of esters is 1. The highest BCUT2D eigenvalue weighted by molar-refractivity contribution is 7.86. The summed E-state index contributed by atoms with van der Waals surface area (Å²) in [5.41, 5.74) is 2.68. The van der Waals surface area contributed by atoms with E-state index in [1.54, 1.807) is 0 Å². The number of hydrogen-bond donors (Lipinski definition) is 1. The lowest BCUT2D eigenvalue weighted by molar-refractivity contribution is -0.154. The molecule has 0 aliphatic carbocycles. The summed E-state index contributed by atoms with van der Waals surface area (Å²) in [4.78, 5) is 40.7. The van der Waals surface area contributed by atoms with Crippen molar-refractivity contribution in [3.63, 3.8) is 0 Å². The molecule has 3 atom stereocenters. The topological polar surface area (TPSA) is 92.8 Å². The first-order valence-corrected chi connectivity index (χ1v) is 14.0. The third kappa shape index (κ3) is 5.14. The molecule has 7 nitrogen and oxygen atoms in total. The Labute approximate surface area is 227 Å². The van der Waals surface area contributed by atoms with Gasteiger partial charge in [0.05, 0.1) is 23.0 Å². The Morgan fingerprint density at radius 2 is 1.50 bits per heavy atom. The average molecular weight is 549 g/mol. The van der Waals surface area contributed by atoms with Crippen LogP contribution in [0.25, 0.3) is 0 Å². The number of carbonyl (C=O) groups excluding carboxylic acids is 3. The molecule has 2 heterocycles. The van der Waals surface area contributed by atoms with Gasteiger partial charge >= 0.3 is 5.97 Å². The van der Waals surface area contributed by atoms with Crippen LogP contribution in [0.2, 0.25) is 0 Å². The molecule has 0 spiro atoms. The Hall–Kier alpha value is -3.75. The predicted molar refractivity (Wildman–Crippen MR) is 144 cm³/mol. The number of carbonyl (C=O) groups is 3. The van der Waals surface area contributed by atoms with E-state index in [4.69, 9.17) is 16.3 Å². The summed E-state index contributed by atoms with van der Waals surface area (Å²) in [6, 6.07) is 26.7. The zero-order valence-corrected chi connectivity index (χ0v) is 21.9. The fraction of sp³-hybridized carbons (Fsp3) is 0.207. The minimum absolute atomic E-state index is 0.0000191. The molecule has 194 valence electrons. The van der Waals surface area contributed by atoms with Gasteiger partial charge in [0.15, 0.2) is 6.10 Å². The quantitative estimate of drug-likeness (QED) is 0.264. The monoisotopic (exact) mass is 548 g/mol. The lowest BCUT2D eigenvalue weighted by atomic mass is 10.0. The van der Waals surface area contributed by atoms with E-state index in [0.29, 0.717) is 5.57 Å². The van der Waals surface area contributed by atoms with Gasteiger partial charge in [-0.05, 0) is 22.3 Å². The molecule has 5 rings (SSSR count). The molecular weight excluding hydrogens is 524 g/mol. The summed E-state index contributed by atoms with van der Waals surface area (Å²) in [7, 11) is -1.55. The molecule has 1 N–H and O–H groups in total. The molecule has 1 unspecified atom stereocenters. The Kier molecular flexibility index (Phi) is 7.72. The number of nitrogens with one attached hydrogen (secondary N) is 1. The lowest BCUT2D eigenvalue weighted by Crippen LogP contribution is -2.73. The van der Waals surface area contributed by atoms with Crippen molar-refractivity contribution in [2.45, 2.75) is 23.9 Å². The van der Waals surface area contributed by atoms with Gasteiger partial charge in [-0.1, -0.05) is 91.0 Å². The van der Waals surface area contributed by atoms with Crippen LogP contribution in [0.15, 0.2) is 102 Å². The zero-order valence-electron chi connectivity index (χ0n) is 20.3. The van der Waals surface area contributed by atoms with Crippen molar-refractivity contribution in [1.82, 2.24) is 10.2 Å². The second-order valence-corrected chi connectivity index (χ2v) is 10.8. The van der Waals surface area contributed by atoms with E-state index >= 15 is 0 Å². The maximum absolute atomic E-state index is 13.6. The molecule has 9 heteroatoms. The van der Waals surface area contributed by atoms with Gasteiger partial charge in [-0.2, -0.15) is 0 Å². The minimum atomic E-state index is -1.55. The first kappa shape index (κ1) is 25.9. The van der Waals surface area contributed by atoms with Crippen LogP contribution in [0.4, 0.5) is 0 Å². The number of benzene rings is 3. The predicted octanol–water partition coefficient (Wildman–Crippen LogP) is 3.47. The van der Waals surface area contributed by atoms with Gasteiger partial charge in [-0.15, -0.1) is 11.6 Å². The first-order valence-electron chi connectivity index (χ1n) is 12.1. The van der Waals surface area contributed by atoms with E-state index in [0.717, 1.165) is 16.7 Å². The number of fused-ring (bicyclic) bond motifs is 1. The van der Waals surface area contributed by atoms with E-state index in [9.17, 15) is 18.6 Å². The van der Waals surface area contributed by atoms with Gasteiger partial charge in [0, 0.05) is 5.88 Å². The highest BCUT2D eigenvalue weighted by Crippen LogP contribution is 2.37. The molecule has 38 heavy (non-hydrogen) atoms. The van der Waals surface area contributed by atoms with Crippen LogP contribution >= 0.6 is 11.6 Å². The van der Waals surface area contributed by atoms with Gasteiger partial charge in [0.2, 0.25) is 5.91 Å². The molecule has 0 radical (unpaired) electrons. The van der Waals surface area contributed by atoms with E-state index in [-0.39, 0.29) is 29.7 Å². The van der Waals surface area contributed by atoms with Crippen molar-refractivity contribution in [2.24, 2.45) is 0 Å². The number of hydrogen-bond acceptors (Lipinski definition) is 5. The normalized spacial score (nSPS) is 20.5. The number of amides is 2. The van der Waals surface area contributed by atoms with Crippen LogP contribution in [-0.2, 0) is 36.3 Å². The minimum Gasteiger partial charge on any atom is -0.448 e. The van der Waals surface area contributed by atoms with Crippen LogP contribution in [-0.4, -0.2) is 49.9 Å². The SMILES string of the molecule is O=C(Cc1ccccc1)N[C@@H]1C(=O)N2C(C(=O)OC(c3ccccc3)c3ccccc3)=C(CCl)CS(=O)[C@H]12. The summed E-state index contributed by atoms with van der Waals surface area (Å²) in [5.74, 6) is -1.69. The van der Waals surface area contributed by atoms with E-state index in [1.807, 2.05) is 91.0 Å². The Morgan fingerprint density at radius 3 is 2.05 bits per heavy atom. The highest BCUT2D eigenvalue weighted by Gasteiger charge is 2.57. The maximum Gasteiger partial charge on any atom is 0.356 e. The number of rotatable bonds is 8. The average Bonchev–Trinajstić information content (AvgIpc) is 2.95. The van der Waals surface area contributed by atoms with E-state index < -0.39 is 40.2 Å². The molecule has 1 saturated heterocycles. The van der Waals surface area contributed by atoms with E-state index in [1.165, 1.54) is 4.90 Å². The van der Waals surface area contributed by atoms with Gasteiger partial charge in [-0.25, -0.2) is 4.79 Å². The molecule has 2 aliphatic heterocycles. The largest absolute Gasteiger partial charge is 0.448 e. The van der Waals surface area contributed by atoms with Crippen molar-refractivity contribution in [1.29, 1.82) is 0 Å². The van der Waals surface area contributed by atoms with Gasteiger partial charge in [0.1, 0.15) is 17.1 Å². The van der Waals surface area contributed by atoms with Crippen molar-refractivity contribution in [3.05, 3.63) is 119 Å². The fourth-order valence-electron chi connectivity index (χ4n) is 4.70. The summed E-state index contributed by atoms with van der Waals surface area (Å²) < 4.78 is 19.1. The molecule has 2 amide bonds. The zero-order chi connectivity index (χ0) is 26.6. The van der Waals surface area contributed by atoms with Crippen LogP contribution in [0.5, 0.6) is 0 Å². The van der Waals surface area contributed by atoms with Crippen molar-refractivity contribution in [2.75, 3.05) is 11.6 Å². The summed E-state index contributed by atoms with van der Waals surface area (Å²) >= 11 is 6.14. The van der Waals surface area contributed by atoms with E-state index in [2.05, 4.69) is 5.32 Å². The van der Waals surface area contributed by atoms with Crippen LogP contribution in [0, 0.1) is 0 Å². The van der Waals surface area contributed by atoms with Crippen LogP contribution in [0.3, 0.4) is 0 Å². The molecule has 0 saturated carbocycles. The number of β-lactam (4-membered cyclic amide) rings is 1. The molecule has 3 aromatic carbocycles. The number of halogens is 1. The third-order valence-electron chi connectivity index (χ3n) is 6.51. The molecule has 1 fully saturated rings. The summed E-state index contributed by atoms with van der Waals surface area (Å²) in [5, 5.41) is 1.83. The maximum atomic E-state index is 13.6.